The maximum absolute atomic E-state index is 11.2. The van der Waals surface area contributed by atoms with Gasteiger partial charge in [-0.15, -0.1) is 0 Å². The quantitative estimate of drug-likeness (QED) is 0.380. The Balaban J connectivity index is 2.01. The highest BCUT2D eigenvalue weighted by molar-refractivity contribution is 5.94. The van der Waals surface area contributed by atoms with Crippen LogP contribution in [0, 0.1) is 17.0 Å². The van der Waals surface area contributed by atoms with Crippen LogP contribution in [0.3, 0.4) is 0 Å². The second-order valence-corrected chi connectivity index (χ2v) is 6.09. The Morgan fingerprint density at radius 3 is 2.27 bits per heavy atom. The smallest absolute Gasteiger partial charge is 0.258 e. The highest BCUT2D eigenvalue weighted by Crippen LogP contribution is 2.31. The van der Waals surface area contributed by atoms with Gasteiger partial charge in [0, 0.05) is 28.6 Å². The van der Waals surface area contributed by atoms with Crippen LogP contribution in [0.2, 0.25) is 0 Å². The van der Waals surface area contributed by atoms with Gasteiger partial charge in [0.1, 0.15) is 0 Å². The monoisotopic (exact) mass is 341 g/mol. The van der Waals surface area contributed by atoms with Gasteiger partial charge in [-0.1, -0.05) is 60.2 Å². The highest BCUT2D eigenvalue weighted by Gasteiger charge is 2.15. The third-order valence-corrected chi connectivity index (χ3v) is 4.25. The number of hydrogen-bond acceptors (Lipinski definition) is 4. The van der Waals surface area contributed by atoms with Crippen molar-refractivity contribution in [2.24, 2.45) is 0 Å². The number of benzene rings is 3. The molecule has 5 heteroatoms. The molecule has 0 N–H and O–H groups in total. The van der Waals surface area contributed by atoms with Crippen LogP contribution in [0.25, 0.3) is 33.5 Å². The standard InChI is InChI=1S/C21H15N3O2/c1-14-7-9-16(10-8-14)21-22-19-12-11-17(24(25)26)13-18(19)20(23-21)15-5-3-2-4-6-15/h2-13H,1H3. The lowest BCUT2D eigenvalue weighted by molar-refractivity contribution is -0.384. The Morgan fingerprint density at radius 2 is 1.58 bits per heavy atom. The van der Waals surface area contributed by atoms with Crippen molar-refractivity contribution in [3.8, 4) is 22.6 Å². The Bertz CT molecular complexity index is 1110. The topological polar surface area (TPSA) is 68.9 Å². The predicted molar refractivity (Wildman–Crippen MR) is 102 cm³/mol. The normalized spacial score (nSPS) is 10.8. The van der Waals surface area contributed by atoms with Crippen molar-refractivity contribution in [2.45, 2.75) is 6.92 Å². The third kappa shape index (κ3) is 2.91. The first-order valence-corrected chi connectivity index (χ1v) is 8.20. The molecule has 3 aromatic carbocycles. The number of nitro benzene ring substituents is 1. The minimum absolute atomic E-state index is 0.0290. The van der Waals surface area contributed by atoms with Crippen molar-refractivity contribution >= 4 is 16.6 Å². The average molecular weight is 341 g/mol. The molecule has 0 aliphatic rings. The second-order valence-electron chi connectivity index (χ2n) is 6.09. The molecule has 0 spiro atoms. The summed E-state index contributed by atoms with van der Waals surface area (Å²) in [5, 5.41) is 11.8. The fourth-order valence-electron chi connectivity index (χ4n) is 2.88. The van der Waals surface area contributed by atoms with Crippen LogP contribution >= 0.6 is 0 Å². The third-order valence-electron chi connectivity index (χ3n) is 4.25. The van der Waals surface area contributed by atoms with Crippen LogP contribution in [0.1, 0.15) is 5.56 Å². The van der Waals surface area contributed by atoms with E-state index in [1.54, 1.807) is 6.07 Å². The summed E-state index contributed by atoms with van der Waals surface area (Å²) in [5.41, 5.74) is 4.37. The van der Waals surface area contributed by atoms with Gasteiger partial charge in [-0.05, 0) is 13.0 Å². The molecule has 0 saturated heterocycles. The summed E-state index contributed by atoms with van der Waals surface area (Å²) in [6, 6.07) is 22.3. The minimum Gasteiger partial charge on any atom is -0.258 e. The number of aromatic nitrogens is 2. The molecular weight excluding hydrogens is 326 g/mol. The SMILES string of the molecule is Cc1ccc(-c2nc(-c3ccccc3)c3cc([N+](=O)[O-])ccc3n2)cc1. The first-order valence-electron chi connectivity index (χ1n) is 8.20. The number of rotatable bonds is 3. The Morgan fingerprint density at radius 1 is 0.846 bits per heavy atom. The molecule has 0 amide bonds. The molecule has 4 aromatic rings. The predicted octanol–water partition coefficient (Wildman–Crippen LogP) is 5.18. The van der Waals surface area contributed by atoms with E-state index in [0.29, 0.717) is 22.4 Å². The van der Waals surface area contributed by atoms with Crippen LogP contribution in [0.15, 0.2) is 72.8 Å². The summed E-state index contributed by atoms with van der Waals surface area (Å²) in [6.45, 7) is 2.03. The molecular formula is C21H15N3O2. The molecule has 0 atom stereocenters. The second kappa shape index (κ2) is 6.37. The maximum Gasteiger partial charge on any atom is 0.270 e. The van der Waals surface area contributed by atoms with Crippen molar-refractivity contribution < 1.29 is 4.92 Å². The fourth-order valence-corrected chi connectivity index (χ4v) is 2.88. The molecule has 0 fully saturated rings. The Labute approximate surface area is 150 Å². The van der Waals surface area contributed by atoms with E-state index in [0.717, 1.165) is 16.7 Å². The average Bonchev–Trinajstić information content (AvgIpc) is 2.68. The van der Waals surface area contributed by atoms with Crippen LogP contribution < -0.4 is 0 Å². The highest BCUT2D eigenvalue weighted by atomic mass is 16.6. The summed E-state index contributed by atoms with van der Waals surface area (Å²) in [4.78, 5) is 20.1. The van der Waals surface area contributed by atoms with E-state index in [4.69, 9.17) is 4.98 Å². The summed E-state index contributed by atoms with van der Waals surface area (Å²) in [7, 11) is 0. The molecule has 1 heterocycles. The van der Waals surface area contributed by atoms with Crippen LogP contribution in [-0.2, 0) is 0 Å². The zero-order valence-electron chi connectivity index (χ0n) is 14.1. The number of hydrogen-bond donors (Lipinski definition) is 0. The molecule has 1 aromatic heterocycles. The lowest BCUT2D eigenvalue weighted by Gasteiger charge is -2.09. The van der Waals surface area contributed by atoms with Gasteiger partial charge in [0.15, 0.2) is 5.82 Å². The summed E-state index contributed by atoms with van der Waals surface area (Å²) < 4.78 is 0. The zero-order chi connectivity index (χ0) is 18.1. The van der Waals surface area contributed by atoms with Gasteiger partial charge in [0.05, 0.1) is 16.1 Å². The minimum atomic E-state index is -0.401. The lowest BCUT2D eigenvalue weighted by atomic mass is 10.0. The molecule has 5 nitrogen and oxygen atoms in total. The largest absolute Gasteiger partial charge is 0.270 e. The van der Waals surface area contributed by atoms with Gasteiger partial charge >= 0.3 is 0 Å². The number of nitrogens with zero attached hydrogens (tertiary/aromatic N) is 3. The Hall–Kier alpha value is -3.60. The van der Waals surface area contributed by atoms with Crippen molar-refractivity contribution in [3.05, 3.63) is 88.5 Å². The van der Waals surface area contributed by atoms with Crippen molar-refractivity contribution in [1.82, 2.24) is 9.97 Å². The molecule has 0 aliphatic carbocycles. The molecule has 126 valence electrons. The maximum atomic E-state index is 11.2. The molecule has 0 radical (unpaired) electrons. The van der Waals surface area contributed by atoms with E-state index in [2.05, 4.69) is 4.98 Å². The van der Waals surface area contributed by atoms with Gasteiger partial charge in [0.2, 0.25) is 0 Å². The molecule has 26 heavy (non-hydrogen) atoms. The van der Waals surface area contributed by atoms with E-state index in [9.17, 15) is 10.1 Å². The van der Waals surface area contributed by atoms with Crippen LogP contribution in [-0.4, -0.2) is 14.9 Å². The molecule has 0 saturated carbocycles. The number of nitro groups is 1. The molecule has 0 bridgehead atoms. The zero-order valence-corrected chi connectivity index (χ0v) is 14.1. The number of aryl methyl sites for hydroxylation is 1. The van der Waals surface area contributed by atoms with E-state index < -0.39 is 4.92 Å². The first-order chi connectivity index (χ1) is 12.6. The van der Waals surface area contributed by atoms with Crippen molar-refractivity contribution in [1.29, 1.82) is 0 Å². The van der Waals surface area contributed by atoms with E-state index in [1.807, 2.05) is 61.5 Å². The molecule has 0 unspecified atom stereocenters. The molecule has 4 rings (SSSR count). The van der Waals surface area contributed by atoms with Crippen molar-refractivity contribution in [2.75, 3.05) is 0 Å². The van der Waals surface area contributed by atoms with Crippen molar-refractivity contribution in [3.63, 3.8) is 0 Å². The molecule has 0 aliphatic heterocycles. The Kier molecular flexibility index (Phi) is 3.89. The summed E-state index contributed by atoms with van der Waals surface area (Å²) >= 11 is 0. The van der Waals surface area contributed by atoms with Crippen LogP contribution in [0.5, 0.6) is 0 Å². The first kappa shape index (κ1) is 15.9. The lowest BCUT2D eigenvalue weighted by Crippen LogP contribution is -1.96. The van der Waals surface area contributed by atoms with Gasteiger partial charge < -0.3 is 0 Å². The van der Waals surface area contributed by atoms with Gasteiger partial charge in [-0.25, -0.2) is 9.97 Å². The van der Waals surface area contributed by atoms with Gasteiger partial charge in [-0.2, -0.15) is 0 Å². The van der Waals surface area contributed by atoms with Crippen LogP contribution in [0.4, 0.5) is 5.69 Å². The van der Waals surface area contributed by atoms with Gasteiger partial charge in [0.25, 0.3) is 5.69 Å². The van der Waals surface area contributed by atoms with Gasteiger partial charge in [-0.3, -0.25) is 10.1 Å². The van der Waals surface area contributed by atoms with E-state index >= 15 is 0 Å². The van der Waals surface area contributed by atoms with E-state index in [1.165, 1.54) is 12.1 Å². The summed E-state index contributed by atoms with van der Waals surface area (Å²) in [5.74, 6) is 0.602. The summed E-state index contributed by atoms with van der Waals surface area (Å²) in [6.07, 6.45) is 0. The number of non-ortho nitro benzene ring substituents is 1. The fraction of sp³-hybridized carbons (Fsp3) is 0.0476. The number of fused-ring (bicyclic) bond motifs is 1. The van der Waals surface area contributed by atoms with E-state index in [-0.39, 0.29) is 5.69 Å².